The van der Waals surface area contributed by atoms with Gasteiger partial charge in [-0.15, -0.1) is 0 Å². The average molecular weight is 453 g/mol. The van der Waals surface area contributed by atoms with Crippen molar-refractivity contribution in [1.29, 1.82) is 5.26 Å². The number of carbonyl (C=O) groups is 1. The van der Waals surface area contributed by atoms with Crippen LogP contribution in [-0.4, -0.2) is 64.3 Å². The van der Waals surface area contributed by atoms with Crippen molar-refractivity contribution in [3.63, 3.8) is 0 Å². The Kier molecular flexibility index (Phi) is 9.70. The molecule has 2 aromatic carbocycles. The van der Waals surface area contributed by atoms with Gasteiger partial charge in [-0.25, -0.2) is 4.79 Å². The summed E-state index contributed by atoms with van der Waals surface area (Å²) in [6, 6.07) is 14.1. The van der Waals surface area contributed by atoms with Gasteiger partial charge in [-0.1, -0.05) is 18.2 Å². The lowest BCUT2D eigenvalue weighted by Crippen LogP contribution is -2.29. The fraction of sp³-hybridized carbons (Fsp3) is 0.462. The number of carboxylic acid groups (broad SMARTS) is 1. The van der Waals surface area contributed by atoms with Crippen LogP contribution in [0.2, 0.25) is 0 Å². The van der Waals surface area contributed by atoms with Crippen LogP contribution in [0, 0.1) is 11.3 Å². The van der Waals surface area contributed by atoms with Crippen molar-refractivity contribution >= 4 is 28.0 Å². The lowest BCUT2D eigenvalue weighted by Gasteiger charge is -2.29. The second-order valence-electron chi connectivity index (χ2n) is 8.03. The number of aliphatic carboxylic acids is 1. The monoisotopic (exact) mass is 452 g/mol. The highest BCUT2D eigenvalue weighted by atomic mass is 16.5. The minimum Gasteiger partial charge on any atom is -0.477 e. The lowest BCUT2D eigenvalue weighted by molar-refractivity contribution is -0.132. The topological polar surface area (TPSA) is 92.0 Å². The Bertz CT molecular complexity index is 1010. The molecule has 1 N–H and O–H groups in total. The summed E-state index contributed by atoms with van der Waals surface area (Å²) in [7, 11) is 1.61. The van der Waals surface area contributed by atoms with Crippen molar-refractivity contribution in [3.05, 3.63) is 47.5 Å². The van der Waals surface area contributed by atoms with Gasteiger partial charge in [0, 0.05) is 25.9 Å². The molecule has 0 unspecified atom stereocenters. The highest BCUT2D eigenvalue weighted by Gasteiger charge is 2.17. The van der Waals surface area contributed by atoms with Crippen molar-refractivity contribution in [1.82, 2.24) is 0 Å². The Hall–Kier alpha value is -2.92. The number of methoxy groups -OCH3 is 1. The molecule has 0 amide bonds. The van der Waals surface area contributed by atoms with E-state index in [2.05, 4.69) is 23.1 Å². The second kappa shape index (κ2) is 12.9. The molecule has 7 heteroatoms. The predicted molar refractivity (Wildman–Crippen MR) is 128 cm³/mol. The fourth-order valence-electron chi connectivity index (χ4n) is 4.07. The Balaban J connectivity index is 1.73. The van der Waals surface area contributed by atoms with Crippen molar-refractivity contribution < 1.29 is 24.1 Å². The normalized spacial score (nSPS) is 14.7. The van der Waals surface area contributed by atoms with E-state index in [1.54, 1.807) is 7.11 Å². The third-order valence-electron chi connectivity index (χ3n) is 5.82. The molecule has 0 radical (unpaired) electrons. The summed E-state index contributed by atoms with van der Waals surface area (Å²) in [6.45, 7) is 4.31. The number of carboxylic acids is 1. The minimum absolute atomic E-state index is 0.251. The van der Waals surface area contributed by atoms with Crippen molar-refractivity contribution in [2.75, 3.05) is 58.1 Å². The fourth-order valence-corrected chi connectivity index (χ4v) is 4.07. The summed E-state index contributed by atoms with van der Waals surface area (Å²) < 4.78 is 15.9. The van der Waals surface area contributed by atoms with Gasteiger partial charge < -0.3 is 24.2 Å². The maximum Gasteiger partial charge on any atom is 0.346 e. The molecular weight excluding hydrogens is 420 g/mol. The van der Waals surface area contributed by atoms with Gasteiger partial charge >= 0.3 is 5.97 Å². The summed E-state index contributed by atoms with van der Waals surface area (Å²) in [6.07, 6.45) is 4.06. The van der Waals surface area contributed by atoms with Crippen molar-refractivity contribution in [2.24, 2.45) is 0 Å². The van der Waals surface area contributed by atoms with E-state index in [9.17, 15) is 15.2 Å². The Labute approximate surface area is 195 Å². The Morgan fingerprint density at radius 2 is 1.64 bits per heavy atom. The zero-order valence-corrected chi connectivity index (χ0v) is 19.2. The van der Waals surface area contributed by atoms with E-state index >= 15 is 0 Å². The molecule has 0 aliphatic carbocycles. The molecule has 0 spiro atoms. The molecule has 0 saturated carbocycles. The van der Waals surface area contributed by atoms with Crippen molar-refractivity contribution in [3.8, 4) is 6.07 Å². The van der Waals surface area contributed by atoms with Gasteiger partial charge in [0.05, 0.1) is 33.0 Å². The summed E-state index contributed by atoms with van der Waals surface area (Å²) in [5.74, 6) is -1.23. The van der Waals surface area contributed by atoms with E-state index in [0.717, 1.165) is 29.4 Å². The predicted octanol–water partition coefficient (Wildman–Crippen LogP) is 4.26. The van der Waals surface area contributed by atoms with E-state index in [1.165, 1.54) is 24.9 Å². The van der Waals surface area contributed by atoms with Crippen LogP contribution in [0.15, 0.2) is 42.0 Å². The first kappa shape index (κ1) is 24.7. The Morgan fingerprint density at radius 3 is 2.33 bits per heavy atom. The highest BCUT2D eigenvalue weighted by molar-refractivity contribution is 6.01. The zero-order valence-electron chi connectivity index (χ0n) is 19.2. The van der Waals surface area contributed by atoms with Crippen LogP contribution < -0.4 is 4.90 Å². The molecule has 33 heavy (non-hydrogen) atoms. The molecule has 0 bridgehead atoms. The summed E-state index contributed by atoms with van der Waals surface area (Å²) in [5, 5.41) is 21.2. The van der Waals surface area contributed by atoms with E-state index < -0.39 is 5.97 Å². The molecule has 0 atom stereocenters. The highest BCUT2D eigenvalue weighted by Crippen LogP contribution is 2.29. The maximum atomic E-state index is 11.7. The number of benzene rings is 2. The van der Waals surface area contributed by atoms with Crippen LogP contribution in [0.5, 0.6) is 0 Å². The minimum atomic E-state index is -1.23. The standard InChI is InChI=1S/C26H32N2O5/c1-31-13-14-33-16-15-32-12-9-24(25(19-27)26(29)30)22-6-5-21-18-23(8-7-20(21)17-22)28-10-3-2-4-11-28/h5-8,17-18H,2-4,9-16H2,1H3,(H,29,30). The Morgan fingerprint density at radius 1 is 0.970 bits per heavy atom. The van der Waals surface area contributed by atoms with Crippen LogP contribution in [0.25, 0.3) is 16.3 Å². The molecule has 1 fully saturated rings. The molecule has 1 aliphatic rings. The third kappa shape index (κ3) is 7.03. The SMILES string of the molecule is COCCOCCOCCC(=C(C#N)C(=O)O)c1ccc2cc(N3CCCCC3)ccc2c1. The van der Waals surface area contributed by atoms with E-state index in [4.69, 9.17) is 14.2 Å². The van der Waals surface area contributed by atoms with Crippen LogP contribution in [-0.2, 0) is 19.0 Å². The molecule has 3 rings (SSSR count). The third-order valence-corrected chi connectivity index (χ3v) is 5.82. The number of piperidine rings is 1. The van der Waals surface area contributed by atoms with Gasteiger partial charge in [-0.2, -0.15) is 5.26 Å². The first-order valence-electron chi connectivity index (χ1n) is 11.4. The van der Waals surface area contributed by atoms with Crippen LogP contribution in [0.3, 0.4) is 0 Å². The van der Waals surface area contributed by atoms with Gasteiger partial charge in [0.1, 0.15) is 11.6 Å². The first-order chi connectivity index (χ1) is 16.1. The van der Waals surface area contributed by atoms with Gasteiger partial charge in [0.25, 0.3) is 0 Å². The van der Waals surface area contributed by atoms with Gasteiger partial charge in [-0.05, 0) is 65.8 Å². The number of ether oxygens (including phenoxy) is 3. The van der Waals surface area contributed by atoms with E-state index in [1.807, 2.05) is 24.3 Å². The summed E-state index contributed by atoms with van der Waals surface area (Å²) in [5.41, 5.74) is 2.17. The summed E-state index contributed by atoms with van der Waals surface area (Å²) >= 11 is 0. The van der Waals surface area contributed by atoms with Gasteiger partial charge in [0.2, 0.25) is 0 Å². The number of fused-ring (bicyclic) bond motifs is 1. The van der Waals surface area contributed by atoms with E-state index in [-0.39, 0.29) is 5.57 Å². The quantitative estimate of drug-likeness (QED) is 0.292. The van der Waals surface area contributed by atoms with Crippen LogP contribution in [0.4, 0.5) is 5.69 Å². The summed E-state index contributed by atoms with van der Waals surface area (Å²) in [4.78, 5) is 14.1. The molecule has 7 nitrogen and oxygen atoms in total. The molecular formula is C26H32N2O5. The van der Waals surface area contributed by atoms with Gasteiger partial charge in [0.15, 0.2) is 0 Å². The number of hydrogen-bond donors (Lipinski definition) is 1. The van der Waals surface area contributed by atoms with Crippen molar-refractivity contribution in [2.45, 2.75) is 25.7 Å². The van der Waals surface area contributed by atoms with E-state index in [0.29, 0.717) is 45.0 Å². The second-order valence-corrected chi connectivity index (χ2v) is 8.03. The molecule has 1 aliphatic heterocycles. The number of hydrogen-bond acceptors (Lipinski definition) is 6. The molecule has 2 aromatic rings. The maximum absolute atomic E-state index is 11.7. The van der Waals surface area contributed by atoms with Crippen LogP contribution >= 0.6 is 0 Å². The number of nitrogens with zero attached hydrogens (tertiary/aromatic N) is 2. The molecule has 1 saturated heterocycles. The largest absolute Gasteiger partial charge is 0.477 e. The molecule has 0 aromatic heterocycles. The van der Waals surface area contributed by atoms with Crippen LogP contribution in [0.1, 0.15) is 31.2 Å². The number of rotatable bonds is 12. The molecule has 1 heterocycles. The zero-order chi connectivity index (χ0) is 23.5. The number of anilines is 1. The average Bonchev–Trinajstić information content (AvgIpc) is 2.84. The first-order valence-corrected chi connectivity index (χ1v) is 11.4. The lowest BCUT2D eigenvalue weighted by atomic mass is 9.95. The number of nitriles is 1. The molecule has 176 valence electrons. The van der Waals surface area contributed by atoms with Gasteiger partial charge in [-0.3, -0.25) is 0 Å². The smallest absolute Gasteiger partial charge is 0.346 e.